The first-order chi connectivity index (χ1) is 18.0. The number of non-ortho nitro benzene ring substituents is 1. The van der Waals surface area contributed by atoms with Gasteiger partial charge in [-0.3, -0.25) is 24.6 Å². The van der Waals surface area contributed by atoms with Crippen LogP contribution in [-0.2, 0) is 4.79 Å². The zero-order chi connectivity index (χ0) is 26.2. The van der Waals surface area contributed by atoms with Crippen LogP contribution in [0, 0.1) is 10.1 Å². The summed E-state index contributed by atoms with van der Waals surface area (Å²) in [6.45, 7) is 1.98. The number of carbonyl (C=O) groups is 2. The number of thioether (sulfide) groups is 1. The molecule has 0 bridgehead atoms. The highest BCUT2D eigenvalue weighted by atomic mass is 32.2. The standard InChI is InChI=1S/C29H25N3O4S/c1-2-27(29(34)31(23-11-5-3-6-12-23)24-13-7-4-8-14-24)37-26-18-16-22(17-19-26)30-28(33)21-10-9-15-25(20-21)32(35)36/h3-20,27H,2H2,1H3,(H,30,33). The summed E-state index contributed by atoms with van der Waals surface area (Å²) in [5, 5.41) is 13.4. The molecule has 2 amide bonds. The number of nitro groups is 1. The number of amides is 2. The molecular weight excluding hydrogens is 486 g/mol. The maximum absolute atomic E-state index is 13.7. The van der Waals surface area contributed by atoms with E-state index in [0.29, 0.717) is 12.1 Å². The van der Waals surface area contributed by atoms with Gasteiger partial charge < -0.3 is 5.32 Å². The van der Waals surface area contributed by atoms with Gasteiger partial charge in [-0.25, -0.2) is 0 Å². The van der Waals surface area contributed by atoms with Gasteiger partial charge in [0, 0.05) is 39.7 Å². The molecule has 0 radical (unpaired) electrons. The van der Waals surface area contributed by atoms with E-state index in [4.69, 9.17) is 0 Å². The van der Waals surface area contributed by atoms with Crippen LogP contribution in [0.5, 0.6) is 0 Å². The molecule has 1 unspecified atom stereocenters. The third-order valence-corrected chi connectivity index (χ3v) is 6.97. The number of rotatable bonds is 9. The summed E-state index contributed by atoms with van der Waals surface area (Å²) in [6, 6.07) is 31.9. The number of nitro benzene ring substituents is 1. The normalized spacial score (nSPS) is 11.4. The summed E-state index contributed by atoms with van der Waals surface area (Å²) >= 11 is 1.46. The molecule has 1 atom stereocenters. The Balaban J connectivity index is 1.48. The Bertz CT molecular complexity index is 1340. The summed E-state index contributed by atoms with van der Waals surface area (Å²) in [5.41, 5.74) is 2.21. The molecule has 186 valence electrons. The van der Waals surface area contributed by atoms with Gasteiger partial charge in [0.15, 0.2) is 0 Å². The molecule has 4 rings (SSSR count). The van der Waals surface area contributed by atoms with Crippen molar-refractivity contribution >= 4 is 46.3 Å². The maximum atomic E-state index is 13.7. The molecule has 4 aromatic rings. The number of carbonyl (C=O) groups excluding carboxylic acids is 2. The monoisotopic (exact) mass is 511 g/mol. The predicted octanol–water partition coefficient (Wildman–Crippen LogP) is 7.08. The second-order valence-corrected chi connectivity index (χ2v) is 9.42. The van der Waals surface area contributed by atoms with Crippen LogP contribution in [0.25, 0.3) is 0 Å². The lowest BCUT2D eigenvalue weighted by molar-refractivity contribution is -0.384. The summed E-state index contributed by atoms with van der Waals surface area (Å²) in [5.74, 6) is -0.458. The Morgan fingerprint density at radius 2 is 1.46 bits per heavy atom. The molecule has 1 N–H and O–H groups in total. The van der Waals surface area contributed by atoms with Crippen molar-refractivity contribution in [3.63, 3.8) is 0 Å². The molecule has 0 saturated carbocycles. The number of hydrogen-bond donors (Lipinski definition) is 1. The zero-order valence-electron chi connectivity index (χ0n) is 20.1. The molecule has 7 nitrogen and oxygen atoms in total. The first-order valence-corrected chi connectivity index (χ1v) is 12.6. The molecule has 0 aliphatic rings. The average molecular weight is 512 g/mol. The minimum Gasteiger partial charge on any atom is -0.322 e. The largest absolute Gasteiger partial charge is 0.322 e. The van der Waals surface area contributed by atoms with Crippen LogP contribution in [0.15, 0.2) is 114 Å². The lowest BCUT2D eigenvalue weighted by atomic mass is 10.2. The smallest absolute Gasteiger partial charge is 0.270 e. The van der Waals surface area contributed by atoms with Crippen molar-refractivity contribution in [2.24, 2.45) is 0 Å². The van der Waals surface area contributed by atoms with Gasteiger partial charge in [-0.05, 0) is 61.0 Å². The van der Waals surface area contributed by atoms with Crippen molar-refractivity contribution in [2.45, 2.75) is 23.5 Å². The second kappa shape index (κ2) is 12.0. The van der Waals surface area contributed by atoms with E-state index in [9.17, 15) is 19.7 Å². The minimum atomic E-state index is -0.537. The topological polar surface area (TPSA) is 92.5 Å². The Hall–Kier alpha value is -4.43. The number of benzene rings is 4. The fourth-order valence-corrected chi connectivity index (χ4v) is 4.75. The van der Waals surface area contributed by atoms with Gasteiger partial charge >= 0.3 is 0 Å². The second-order valence-electron chi connectivity index (χ2n) is 8.15. The van der Waals surface area contributed by atoms with Gasteiger partial charge in [0.2, 0.25) is 5.91 Å². The van der Waals surface area contributed by atoms with Crippen LogP contribution in [-0.4, -0.2) is 22.0 Å². The van der Waals surface area contributed by atoms with Gasteiger partial charge in [-0.1, -0.05) is 49.4 Å². The number of hydrogen-bond acceptors (Lipinski definition) is 5. The minimum absolute atomic E-state index is 0.0204. The van der Waals surface area contributed by atoms with Gasteiger partial charge in [-0.15, -0.1) is 11.8 Å². The molecule has 0 heterocycles. The van der Waals surface area contributed by atoms with E-state index in [-0.39, 0.29) is 22.4 Å². The van der Waals surface area contributed by atoms with Crippen LogP contribution in [0.3, 0.4) is 0 Å². The van der Waals surface area contributed by atoms with Crippen LogP contribution in [0.4, 0.5) is 22.7 Å². The molecule has 0 aliphatic carbocycles. The quantitative estimate of drug-likeness (QED) is 0.147. The van der Waals surface area contributed by atoms with E-state index in [1.807, 2.05) is 79.7 Å². The van der Waals surface area contributed by atoms with Gasteiger partial charge in [-0.2, -0.15) is 0 Å². The first kappa shape index (κ1) is 25.7. The van der Waals surface area contributed by atoms with Crippen LogP contribution < -0.4 is 10.2 Å². The molecule has 0 saturated heterocycles. The van der Waals surface area contributed by atoms with Gasteiger partial charge in [0.05, 0.1) is 10.2 Å². The van der Waals surface area contributed by atoms with Crippen molar-refractivity contribution in [3.05, 3.63) is 125 Å². The summed E-state index contributed by atoms with van der Waals surface area (Å²) in [4.78, 5) is 39.3. The molecular formula is C29H25N3O4S. The molecule has 8 heteroatoms. The van der Waals surface area contributed by atoms with E-state index < -0.39 is 10.8 Å². The number of para-hydroxylation sites is 2. The third-order valence-electron chi connectivity index (χ3n) is 5.61. The molecule has 0 aromatic heterocycles. The molecule has 0 aliphatic heterocycles. The highest BCUT2D eigenvalue weighted by Gasteiger charge is 2.26. The molecule has 0 fully saturated rings. The van der Waals surface area contributed by atoms with E-state index in [2.05, 4.69) is 5.32 Å². The maximum Gasteiger partial charge on any atom is 0.270 e. The molecule has 4 aromatic carbocycles. The van der Waals surface area contributed by atoms with Crippen LogP contribution >= 0.6 is 11.8 Å². The fourth-order valence-electron chi connectivity index (χ4n) is 3.76. The Morgan fingerprint density at radius 1 is 0.865 bits per heavy atom. The fraction of sp³-hybridized carbons (Fsp3) is 0.103. The predicted molar refractivity (Wildman–Crippen MR) is 147 cm³/mol. The van der Waals surface area contributed by atoms with Crippen molar-refractivity contribution in [1.29, 1.82) is 0 Å². The summed E-state index contributed by atoms with van der Waals surface area (Å²) in [7, 11) is 0. The van der Waals surface area contributed by atoms with E-state index in [1.165, 1.54) is 36.0 Å². The average Bonchev–Trinajstić information content (AvgIpc) is 2.94. The summed E-state index contributed by atoms with van der Waals surface area (Å²) in [6.07, 6.45) is 0.630. The van der Waals surface area contributed by atoms with Gasteiger partial charge in [0.1, 0.15) is 0 Å². The highest BCUT2D eigenvalue weighted by Crippen LogP contribution is 2.33. The van der Waals surface area contributed by atoms with Crippen molar-refractivity contribution in [1.82, 2.24) is 0 Å². The summed E-state index contributed by atoms with van der Waals surface area (Å²) < 4.78 is 0. The SMILES string of the molecule is CCC(Sc1ccc(NC(=O)c2cccc([N+](=O)[O-])c2)cc1)C(=O)N(c1ccccc1)c1ccccc1. The van der Waals surface area contributed by atoms with Crippen molar-refractivity contribution in [2.75, 3.05) is 10.2 Å². The third kappa shape index (κ3) is 6.42. The lowest BCUT2D eigenvalue weighted by Gasteiger charge is -2.27. The Kier molecular flexibility index (Phi) is 8.33. The number of anilines is 3. The van der Waals surface area contributed by atoms with Crippen molar-refractivity contribution in [3.8, 4) is 0 Å². The van der Waals surface area contributed by atoms with Crippen molar-refractivity contribution < 1.29 is 14.5 Å². The lowest BCUT2D eigenvalue weighted by Crippen LogP contribution is -2.34. The van der Waals surface area contributed by atoms with E-state index in [0.717, 1.165) is 16.3 Å². The van der Waals surface area contributed by atoms with Gasteiger partial charge in [0.25, 0.3) is 11.6 Å². The molecule has 0 spiro atoms. The zero-order valence-corrected chi connectivity index (χ0v) is 20.9. The highest BCUT2D eigenvalue weighted by molar-refractivity contribution is 8.00. The van der Waals surface area contributed by atoms with E-state index >= 15 is 0 Å². The first-order valence-electron chi connectivity index (χ1n) is 11.7. The number of nitrogens with one attached hydrogen (secondary N) is 1. The van der Waals surface area contributed by atoms with E-state index in [1.54, 1.807) is 17.0 Å². The van der Waals surface area contributed by atoms with Crippen LogP contribution in [0.2, 0.25) is 0 Å². The Morgan fingerprint density at radius 3 is 2.00 bits per heavy atom. The molecule has 37 heavy (non-hydrogen) atoms. The Labute approximate surface area is 219 Å². The van der Waals surface area contributed by atoms with Crippen LogP contribution in [0.1, 0.15) is 23.7 Å². The number of nitrogens with zero attached hydrogens (tertiary/aromatic N) is 2.